The highest BCUT2D eigenvalue weighted by atomic mass is 32.1. The summed E-state index contributed by atoms with van der Waals surface area (Å²) in [5, 5.41) is 2.17. The van der Waals surface area contributed by atoms with Gasteiger partial charge < -0.3 is 10.6 Å². The number of hydrogen-bond donors (Lipinski definition) is 1. The second-order valence-corrected chi connectivity index (χ2v) is 6.51. The highest BCUT2D eigenvalue weighted by Crippen LogP contribution is 2.29. The van der Waals surface area contributed by atoms with Crippen LogP contribution in [0.25, 0.3) is 0 Å². The van der Waals surface area contributed by atoms with Gasteiger partial charge in [-0.25, -0.2) is 0 Å². The topological polar surface area (TPSA) is 71.2 Å². The van der Waals surface area contributed by atoms with Crippen molar-refractivity contribution in [2.45, 2.75) is 25.9 Å². The van der Waals surface area contributed by atoms with Crippen molar-refractivity contribution in [2.75, 3.05) is 31.3 Å². The molecule has 0 bridgehead atoms. The number of rotatable bonds is 3. The van der Waals surface area contributed by atoms with Crippen LogP contribution in [0.5, 0.6) is 0 Å². The largest absolute Gasteiger partial charge is 0.368 e. The van der Waals surface area contributed by atoms with Gasteiger partial charge in [0.15, 0.2) is 5.82 Å². The fourth-order valence-corrected chi connectivity index (χ4v) is 3.44. The molecule has 3 rings (SSSR count). The molecule has 0 amide bonds. The molecule has 2 aromatic rings. The Morgan fingerprint density at radius 3 is 2.90 bits per heavy atom. The van der Waals surface area contributed by atoms with E-state index in [0.717, 1.165) is 25.3 Å². The monoisotopic (exact) mass is 304 g/mol. The van der Waals surface area contributed by atoms with E-state index in [1.165, 1.54) is 10.4 Å². The molecular weight excluding hydrogens is 284 g/mol. The van der Waals surface area contributed by atoms with Gasteiger partial charge >= 0.3 is 0 Å². The van der Waals surface area contributed by atoms with Gasteiger partial charge in [-0.15, -0.1) is 11.3 Å². The van der Waals surface area contributed by atoms with Crippen molar-refractivity contribution in [1.82, 2.24) is 19.9 Å². The summed E-state index contributed by atoms with van der Waals surface area (Å²) in [6.07, 6.45) is 1.10. The second-order valence-electron chi connectivity index (χ2n) is 5.51. The van der Waals surface area contributed by atoms with Crippen LogP contribution in [-0.2, 0) is 13.0 Å². The van der Waals surface area contributed by atoms with Crippen LogP contribution < -0.4 is 10.6 Å². The zero-order valence-corrected chi connectivity index (χ0v) is 13.4. The number of nitrogen functional groups attached to an aromatic ring is 1. The number of fused-ring (bicyclic) bond motifs is 1. The molecule has 21 heavy (non-hydrogen) atoms. The summed E-state index contributed by atoms with van der Waals surface area (Å²) in [7, 11) is 3.81. The molecule has 1 aliphatic heterocycles. The van der Waals surface area contributed by atoms with Gasteiger partial charge in [-0.3, -0.25) is 4.90 Å². The molecule has 3 heterocycles. The Labute approximate surface area is 128 Å². The average Bonchev–Trinajstić information content (AvgIpc) is 2.93. The fraction of sp³-hybridized carbons (Fsp3) is 0.500. The van der Waals surface area contributed by atoms with Gasteiger partial charge in [0.2, 0.25) is 11.9 Å². The second kappa shape index (κ2) is 5.57. The summed E-state index contributed by atoms with van der Waals surface area (Å²) < 4.78 is 0. The molecule has 0 radical (unpaired) electrons. The minimum absolute atomic E-state index is 0.127. The molecule has 0 spiro atoms. The van der Waals surface area contributed by atoms with Crippen LogP contribution in [-0.4, -0.2) is 40.5 Å². The highest BCUT2D eigenvalue weighted by Gasteiger charge is 2.25. The van der Waals surface area contributed by atoms with Crippen LogP contribution in [0, 0.1) is 0 Å². The Kier molecular flexibility index (Phi) is 3.77. The molecule has 0 saturated heterocycles. The molecule has 112 valence electrons. The lowest BCUT2D eigenvalue weighted by Crippen LogP contribution is -2.33. The van der Waals surface area contributed by atoms with Gasteiger partial charge in [0.05, 0.1) is 6.04 Å². The predicted octanol–water partition coefficient (Wildman–Crippen LogP) is 1.70. The van der Waals surface area contributed by atoms with E-state index in [1.807, 2.05) is 30.3 Å². The Bertz CT molecular complexity index is 638. The van der Waals surface area contributed by atoms with Gasteiger partial charge in [-0.1, -0.05) is 0 Å². The lowest BCUT2D eigenvalue weighted by Gasteiger charge is -2.31. The van der Waals surface area contributed by atoms with Gasteiger partial charge in [-0.05, 0) is 30.4 Å². The number of aromatic nitrogens is 3. The number of thiophene rings is 1. The van der Waals surface area contributed by atoms with E-state index >= 15 is 0 Å². The van der Waals surface area contributed by atoms with Crippen LogP contribution in [0.1, 0.15) is 29.2 Å². The molecule has 0 aromatic carbocycles. The van der Waals surface area contributed by atoms with Gasteiger partial charge in [0.1, 0.15) is 0 Å². The third-order valence-corrected chi connectivity index (χ3v) is 4.84. The van der Waals surface area contributed by atoms with Crippen molar-refractivity contribution in [2.24, 2.45) is 0 Å². The van der Waals surface area contributed by atoms with Crippen LogP contribution in [0.3, 0.4) is 0 Å². The zero-order valence-electron chi connectivity index (χ0n) is 12.6. The molecule has 1 atom stereocenters. The maximum Gasteiger partial charge on any atom is 0.229 e. The number of anilines is 2. The van der Waals surface area contributed by atoms with E-state index in [9.17, 15) is 0 Å². The normalized spacial score (nSPS) is 16.5. The maximum atomic E-state index is 5.82. The first kappa shape index (κ1) is 14.2. The third-order valence-electron chi connectivity index (χ3n) is 3.82. The molecule has 7 heteroatoms. The van der Waals surface area contributed by atoms with Crippen molar-refractivity contribution in [3.63, 3.8) is 0 Å². The van der Waals surface area contributed by atoms with Crippen molar-refractivity contribution >= 4 is 23.2 Å². The lowest BCUT2D eigenvalue weighted by atomic mass is 10.1. The fourth-order valence-electron chi connectivity index (χ4n) is 2.55. The molecule has 6 nitrogen and oxygen atoms in total. The lowest BCUT2D eigenvalue weighted by molar-refractivity contribution is 0.186. The summed E-state index contributed by atoms with van der Waals surface area (Å²) in [5.41, 5.74) is 7.24. The Hall–Kier alpha value is -1.73. The van der Waals surface area contributed by atoms with Gasteiger partial charge in [0.25, 0.3) is 0 Å². The quantitative estimate of drug-likeness (QED) is 0.930. The summed E-state index contributed by atoms with van der Waals surface area (Å²) in [4.78, 5) is 18.8. The average molecular weight is 304 g/mol. The van der Waals surface area contributed by atoms with Crippen molar-refractivity contribution < 1.29 is 0 Å². The van der Waals surface area contributed by atoms with Gasteiger partial charge in [-0.2, -0.15) is 15.0 Å². The number of hydrogen-bond acceptors (Lipinski definition) is 7. The highest BCUT2D eigenvalue weighted by molar-refractivity contribution is 7.10. The summed E-state index contributed by atoms with van der Waals surface area (Å²) in [6.45, 7) is 4.10. The summed E-state index contributed by atoms with van der Waals surface area (Å²) >= 11 is 1.85. The molecule has 2 aromatic heterocycles. The van der Waals surface area contributed by atoms with Crippen LogP contribution >= 0.6 is 11.3 Å². The Morgan fingerprint density at radius 1 is 1.33 bits per heavy atom. The minimum Gasteiger partial charge on any atom is -0.368 e. The predicted molar refractivity (Wildman–Crippen MR) is 85.4 cm³/mol. The Morgan fingerprint density at radius 2 is 2.14 bits per heavy atom. The van der Waals surface area contributed by atoms with Crippen LogP contribution in [0.2, 0.25) is 0 Å². The van der Waals surface area contributed by atoms with E-state index in [1.54, 1.807) is 0 Å². The molecule has 2 N–H and O–H groups in total. The molecule has 0 saturated carbocycles. The first-order chi connectivity index (χ1) is 10.0. The van der Waals surface area contributed by atoms with E-state index in [-0.39, 0.29) is 12.0 Å². The first-order valence-electron chi connectivity index (χ1n) is 7.02. The maximum absolute atomic E-state index is 5.82. The third kappa shape index (κ3) is 2.84. The van der Waals surface area contributed by atoms with E-state index in [0.29, 0.717) is 5.95 Å². The first-order valence-corrected chi connectivity index (χ1v) is 7.90. The molecular formula is C14H20N6S. The van der Waals surface area contributed by atoms with Crippen LogP contribution in [0.15, 0.2) is 11.4 Å². The minimum atomic E-state index is 0.127. The SMILES string of the molecule is CC(c1nc(N)nc(N(C)C)n1)N1CCc2sccc2C1. The van der Waals surface area contributed by atoms with Crippen molar-refractivity contribution in [1.29, 1.82) is 0 Å². The van der Waals surface area contributed by atoms with Crippen molar-refractivity contribution in [3.8, 4) is 0 Å². The van der Waals surface area contributed by atoms with E-state index in [2.05, 4.69) is 38.2 Å². The van der Waals surface area contributed by atoms with Gasteiger partial charge in [0, 0.05) is 32.1 Å². The van der Waals surface area contributed by atoms with Crippen molar-refractivity contribution in [3.05, 3.63) is 27.7 Å². The van der Waals surface area contributed by atoms with Crippen LogP contribution in [0.4, 0.5) is 11.9 Å². The number of nitrogens with two attached hydrogens (primary N) is 1. The summed E-state index contributed by atoms with van der Waals surface area (Å²) in [6, 6.07) is 2.34. The Balaban J connectivity index is 1.84. The molecule has 1 aliphatic rings. The molecule has 0 aliphatic carbocycles. The van der Waals surface area contributed by atoms with E-state index < -0.39 is 0 Å². The number of nitrogens with zero attached hydrogens (tertiary/aromatic N) is 5. The summed E-state index contributed by atoms with van der Waals surface area (Å²) in [5.74, 6) is 1.63. The standard InChI is InChI=1S/C14H20N6S/c1-9(12-16-13(15)18-14(17-12)19(2)3)20-6-4-11-10(8-20)5-7-21-11/h5,7,9H,4,6,8H2,1-3H3,(H2,15,16,17,18). The zero-order chi connectivity index (χ0) is 15.0. The smallest absolute Gasteiger partial charge is 0.229 e. The molecule has 0 fully saturated rings. The molecule has 1 unspecified atom stereocenters. The van der Waals surface area contributed by atoms with E-state index in [4.69, 9.17) is 5.73 Å².